The van der Waals surface area contributed by atoms with E-state index in [1.807, 2.05) is 18.2 Å². The molecule has 20 heavy (non-hydrogen) atoms. The van der Waals surface area contributed by atoms with Crippen molar-refractivity contribution in [2.75, 3.05) is 19.5 Å². The molecule has 0 spiro atoms. The maximum atomic E-state index is 5.28. The van der Waals surface area contributed by atoms with E-state index >= 15 is 0 Å². The molecule has 106 valence electrons. The van der Waals surface area contributed by atoms with Crippen molar-refractivity contribution in [2.24, 2.45) is 0 Å². The van der Waals surface area contributed by atoms with Gasteiger partial charge in [0.2, 0.25) is 0 Å². The summed E-state index contributed by atoms with van der Waals surface area (Å²) in [6.45, 7) is 2.84. The molecule has 0 heterocycles. The van der Waals surface area contributed by atoms with E-state index in [1.54, 1.807) is 14.2 Å². The van der Waals surface area contributed by atoms with Gasteiger partial charge in [0.1, 0.15) is 11.5 Å². The van der Waals surface area contributed by atoms with E-state index in [4.69, 9.17) is 9.47 Å². The van der Waals surface area contributed by atoms with Crippen molar-refractivity contribution in [2.45, 2.75) is 13.5 Å². The van der Waals surface area contributed by atoms with E-state index in [-0.39, 0.29) is 0 Å². The van der Waals surface area contributed by atoms with Crippen molar-refractivity contribution in [3.63, 3.8) is 0 Å². The minimum Gasteiger partial charge on any atom is -0.497 e. The lowest BCUT2D eigenvalue weighted by atomic mass is 10.1. The molecule has 1 N–H and O–H groups in total. The van der Waals surface area contributed by atoms with Crippen molar-refractivity contribution >= 4 is 28.3 Å². The van der Waals surface area contributed by atoms with Crippen LogP contribution in [0.2, 0.25) is 0 Å². The number of rotatable bonds is 5. The van der Waals surface area contributed by atoms with E-state index < -0.39 is 0 Å². The molecule has 0 amide bonds. The molecule has 0 aliphatic carbocycles. The third-order valence-corrected chi connectivity index (χ3v) is 3.75. The summed E-state index contributed by atoms with van der Waals surface area (Å²) in [7, 11) is 3.32. The lowest BCUT2D eigenvalue weighted by Gasteiger charge is -2.12. The molecule has 0 unspecified atom stereocenters. The van der Waals surface area contributed by atoms with Gasteiger partial charge in [0, 0.05) is 21.9 Å². The predicted octanol–water partition coefficient (Wildman–Crippen LogP) is 4.23. The van der Waals surface area contributed by atoms with Gasteiger partial charge in [-0.05, 0) is 71.0 Å². The molecule has 0 aromatic heterocycles. The molecule has 3 nitrogen and oxygen atoms in total. The maximum Gasteiger partial charge on any atom is 0.122 e. The zero-order valence-electron chi connectivity index (χ0n) is 11.9. The Morgan fingerprint density at radius 1 is 1.00 bits per heavy atom. The third kappa shape index (κ3) is 3.79. The van der Waals surface area contributed by atoms with Crippen LogP contribution >= 0.6 is 22.6 Å². The van der Waals surface area contributed by atoms with E-state index in [1.165, 1.54) is 9.13 Å². The van der Waals surface area contributed by atoms with Crippen molar-refractivity contribution < 1.29 is 9.47 Å². The normalized spacial score (nSPS) is 10.2. The summed E-state index contributed by atoms with van der Waals surface area (Å²) in [6.07, 6.45) is 0. The highest BCUT2D eigenvalue weighted by atomic mass is 127. The van der Waals surface area contributed by atoms with Gasteiger partial charge in [-0.2, -0.15) is 0 Å². The summed E-state index contributed by atoms with van der Waals surface area (Å²) < 4.78 is 11.8. The van der Waals surface area contributed by atoms with Crippen molar-refractivity contribution in [3.05, 3.63) is 51.1 Å². The molecule has 0 radical (unpaired) electrons. The first-order valence-electron chi connectivity index (χ1n) is 6.34. The fraction of sp³-hybridized carbons (Fsp3) is 0.250. The van der Waals surface area contributed by atoms with Gasteiger partial charge in [-0.15, -0.1) is 0 Å². The van der Waals surface area contributed by atoms with Gasteiger partial charge in [0.15, 0.2) is 0 Å². The van der Waals surface area contributed by atoms with Crippen LogP contribution < -0.4 is 14.8 Å². The monoisotopic (exact) mass is 383 g/mol. The van der Waals surface area contributed by atoms with Gasteiger partial charge < -0.3 is 14.8 Å². The van der Waals surface area contributed by atoms with Gasteiger partial charge >= 0.3 is 0 Å². The largest absolute Gasteiger partial charge is 0.497 e. The molecular weight excluding hydrogens is 365 g/mol. The highest BCUT2D eigenvalue weighted by Crippen LogP contribution is 2.24. The summed E-state index contributed by atoms with van der Waals surface area (Å²) in [6, 6.07) is 12.3. The van der Waals surface area contributed by atoms with E-state index in [2.05, 4.69) is 53.0 Å². The highest BCUT2D eigenvalue weighted by Gasteiger charge is 2.03. The Bertz CT molecular complexity index is 577. The Morgan fingerprint density at radius 3 is 2.20 bits per heavy atom. The quantitative estimate of drug-likeness (QED) is 0.784. The Labute approximate surface area is 133 Å². The average Bonchev–Trinajstić information content (AvgIpc) is 2.46. The molecule has 2 aromatic rings. The topological polar surface area (TPSA) is 30.5 Å². The summed E-state index contributed by atoms with van der Waals surface area (Å²) in [5.74, 6) is 1.61. The molecular formula is C16H18INO2. The number of hydrogen-bond acceptors (Lipinski definition) is 3. The lowest BCUT2D eigenvalue weighted by Crippen LogP contribution is -2.02. The maximum absolute atomic E-state index is 5.28. The SMILES string of the molecule is COc1cc(CNc2ccc(I)cc2C)cc(OC)c1. The molecule has 2 aromatic carbocycles. The van der Waals surface area contributed by atoms with E-state index in [0.29, 0.717) is 0 Å². The number of methoxy groups -OCH3 is 2. The number of ether oxygens (including phenoxy) is 2. The minimum absolute atomic E-state index is 0.731. The molecule has 0 aliphatic rings. The van der Waals surface area contributed by atoms with Crippen LogP contribution in [0.3, 0.4) is 0 Å². The zero-order chi connectivity index (χ0) is 14.5. The smallest absolute Gasteiger partial charge is 0.122 e. The van der Waals surface area contributed by atoms with Crippen LogP contribution in [0.1, 0.15) is 11.1 Å². The van der Waals surface area contributed by atoms with Gasteiger partial charge in [-0.1, -0.05) is 0 Å². The third-order valence-electron chi connectivity index (χ3n) is 3.08. The molecule has 0 atom stereocenters. The first-order valence-corrected chi connectivity index (χ1v) is 7.42. The zero-order valence-corrected chi connectivity index (χ0v) is 14.0. The Kier molecular flexibility index (Phi) is 5.11. The van der Waals surface area contributed by atoms with Crippen LogP contribution in [0.25, 0.3) is 0 Å². The Morgan fingerprint density at radius 2 is 1.65 bits per heavy atom. The number of benzene rings is 2. The molecule has 4 heteroatoms. The molecule has 0 bridgehead atoms. The highest BCUT2D eigenvalue weighted by molar-refractivity contribution is 14.1. The molecule has 0 fully saturated rings. The van der Waals surface area contributed by atoms with Crippen molar-refractivity contribution in [1.82, 2.24) is 0 Å². The van der Waals surface area contributed by atoms with Gasteiger partial charge in [-0.25, -0.2) is 0 Å². The number of nitrogens with one attached hydrogen (secondary N) is 1. The summed E-state index contributed by atoms with van der Waals surface area (Å²) in [5, 5.41) is 3.44. The second kappa shape index (κ2) is 6.83. The minimum atomic E-state index is 0.731. The molecule has 0 saturated heterocycles. The number of hydrogen-bond donors (Lipinski definition) is 1. The summed E-state index contributed by atoms with van der Waals surface area (Å²) in [4.78, 5) is 0. The van der Waals surface area contributed by atoms with Crippen LogP contribution in [0.4, 0.5) is 5.69 Å². The standard InChI is InChI=1S/C16H18INO2/c1-11-6-13(17)4-5-16(11)18-10-12-7-14(19-2)9-15(8-12)20-3/h4-9,18H,10H2,1-3H3. The lowest BCUT2D eigenvalue weighted by molar-refractivity contribution is 0.393. The van der Waals surface area contributed by atoms with Crippen molar-refractivity contribution in [1.29, 1.82) is 0 Å². The fourth-order valence-electron chi connectivity index (χ4n) is 1.99. The van der Waals surface area contributed by atoms with Crippen LogP contribution in [0, 0.1) is 10.5 Å². The predicted molar refractivity (Wildman–Crippen MR) is 90.8 cm³/mol. The molecule has 0 aliphatic heterocycles. The van der Waals surface area contributed by atoms with Gasteiger partial charge in [0.05, 0.1) is 14.2 Å². The molecule has 0 saturated carbocycles. The van der Waals surface area contributed by atoms with E-state index in [9.17, 15) is 0 Å². The van der Waals surface area contributed by atoms with Crippen LogP contribution in [0.5, 0.6) is 11.5 Å². The molecule has 2 rings (SSSR count). The Balaban J connectivity index is 2.13. The first-order chi connectivity index (χ1) is 9.62. The first kappa shape index (κ1) is 15.0. The average molecular weight is 383 g/mol. The summed E-state index contributed by atoms with van der Waals surface area (Å²) >= 11 is 2.32. The number of halogens is 1. The summed E-state index contributed by atoms with van der Waals surface area (Å²) in [5.41, 5.74) is 3.51. The number of anilines is 1. The van der Waals surface area contributed by atoms with Gasteiger partial charge in [0.25, 0.3) is 0 Å². The second-order valence-corrected chi connectivity index (χ2v) is 5.78. The van der Waals surface area contributed by atoms with Gasteiger partial charge in [-0.3, -0.25) is 0 Å². The van der Waals surface area contributed by atoms with E-state index in [0.717, 1.165) is 29.3 Å². The van der Waals surface area contributed by atoms with Crippen molar-refractivity contribution in [3.8, 4) is 11.5 Å². The Hall–Kier alpha value is -1.43. The van der Waals surface area contributed by atoms with Crippen LogP contribution in [-0.4, -0.2) is 14.2 Å². The second-order valence-electron chi connectivity index (χ2n) is 4.53. The fourth-order valence-corrected chi connectivity index (χ4v) is 2.64. The van der Waals surface area contributed by atoms with Crippen LogP contribution in [0.15, 0.2) is 36.4 Å². The van der Waals surface area contributed by atoms with Crippen LogP contribution in [-0.2, 0) is 6.54 Å². The number of aryl methyl sites for hydroxylation is 1.